The molecule has 0 spiro atoms. The van der Waals surface area contributed by atoms with Crippen LogP contribution in [0, 0.1) is 0 Å². The Labute approximate surface area is 154 Å². The third kappa shape index (κ3) is 4.59. The highest BCUT2D eigenvalue weighted by atomic mass is 35.5. The van der Waals surface area contributed by atoms with E-state index in [0.717, 1.165) is 25.1 Å². The highest BCUT2D eigenvalue weighted by Gasteiger charge is 2.35. The van der Waals surface area contributed by atoms with Gasteiger partial charge in [-0.05, 0) is 31.5 Å². The molecule has 0 bridgehead atoms. The number of rotatable bonds is 7. The van der Waals surface area contributed by atoms with Crippen LogP contribution in [0.3, 0.4) is 0 Å². The van der Waals surface area contributed by atoms with E-state index in [1.54, 1.807) is 11.8 Å². The molecule has 1 unspecified atom stereocenters. The van der Waals surface area contributed by atoms with Gasteiger partial charge in [0.2, 0.25) is 10.0 Å². The molecule has 1 aromatic carbocycles. The zero-order valence-electron chi connectivity index (χ0n) is 14.0. The van der Waals surface area contributed by atoms with Gasteiger partial charge in [0.15, 0.2) is 0 Å². The van der Waals surface area contributed by atoms with Crippen molar-refractivity contribution in [2.24, 2.45) is 0 Å². The van der Waals surface area contributed by atoms with E-state index in [2.05, 4.69) is 15.1 Å². The van der Waals surface area contributed by atoms with Crippen molar-refractivity contribution in [3.8, 4) is 5.69 Å². The van der Waals surface area contributed by atoms with Crippen molar-refractivity contribution in [2.45, 2.75) is 23.3 Å². The van der Waals surface area contributed by atoms with Gasteiger partial charge in [0, 0.05) is 13.7 Å². The van der Waals surface area contributed by atoms with Crippen LogP contribution in [0.25, 0.3) is 5.69 Å². The molecule has 0 amide bonds. The van der Waals surface area contributed by atoms with Crippen LogP contribution in [0.15, 0.2) is 47.6 Å². The fraction of sp³-hybridized carbons (Fsp3) is 0.438. The molecule has 0 radical (unpaired) electrons. The lowest BCUT2D eigenvalue weighted by molar-refractivity contribution is 0.122. The van der Waals surface area contributed by atoms with Gasteiger partial charge in [-0.3, -0.25) is 0 Å². The lowest BCUT2D eigenvalue weighted by atomic mass is 9.99. The van der Waals surface area contributed by atoms with Gasteiger partial charge in [-0.1, -0.05) is 18.2 Å². The molecule has 1 saturated heterocycles. The molecule has 2 heterocycles. The summed E-state index contributed by atoms with van der Waals surface area (Å²) in [5.41, 5.74) is 0.476. The van der Waals surface area contributed by atoms with Crippen molar-refractivity contribution in [2.75, 3.05) is 26.8 Å². The number of sulfonamides is 1. The van der Waals surface area contributed by atoms with Crippen LogP contribution in [-0.2, 0) is 14.8 Å². The second-order valence-electron chi connectivity index (χ2n) is 6.02. The average molecular weight is 387 g/mol. The molecule has 1 aromatic heterocycles. The monoisotopic (exact) mass is 386 g/mol. The zero-order valence-corrected chi connectivity index (χ0v) is 15.6. The van der Waals surface area contributed by atoms with Gasteiger partial charge in [-0.15, -0.1) is 12.4 Å². The Kier molecular flexibility index (Phi) is 6.59. The molecule has 138 valence electrons. The van der Waals surface area contributed by atoms with E-state index in [9.17, 15) is 8.42 Å². The third-order valence-corrected chi connectivity index (χ3v) is 5.60. The van der Waals surface area contributed by atoms with Gasteiger partial charge in [-0.25, -0.2) is 17.8 Å². The molecule has 0 aliphatic carbocycles. The summed E-state index contributed by atoms with van der Waals surface area (Å²) in [4.78, 5) is 0.150. The number of para-hydroxylation sites is 1. The average Bonchev–Trinajstić information content (AvgIpc) is 3.25. The summed E-state index contributed by atoms with van der Waals surface area (Å²) < 4.78 is 34.6. The number of nitrogens with zero attached hydrogens (tertiary/aromatic N) is 2. The first-order valence-electron chi connectivity index (χ1n) is 7.88. The number of nitrogens with one attached hydrogen (secondary N) is 2. The van der Waals surface area contributed by atoms with E-state index in [4.69, 9.17) is 4.74 Å². The van der Waals surface area contributed by atoms with Crippen LogP contribution < -0.4 is 10.0 Å². The van der Waals surface area contributed by atoms with E-state index in [-0.39, 0.29) is 22.8 Å². The Balaban J connectivity index is 0.00000225. The number of hydrogen-bond acceptors (Lipinski definition) is 5. The number of halogens is 1. The first-order valence-corrected chi connectivity index (χ1v) is 9.37. The summed E-state index contributed by atoms with van der Waals surface area (Å²) in [5.74, 6) is 0. The highest BCUT2D eigenvalue weighted by Crippen LogP contribution is 2.20. The molecule has 1 aliphatic heterocycles. The first kappa shape index (κ1) is 19.9. The number of ether oxygens (including phenoxy) is 1. The van der Waals surface area contributed by atoms with E-state index in [1.807, 2.05) is 30.3 Å². The number of aromatic nitrogens is 2. The van der Waals surface area contributed by atoms with Crippen LogP contribution >= 0.6 is 12.4 Å². The lowest BCUT2D eigenvalue weighted by Gasteiger charge is -2.28. The molecule has 25 heavy (non-hydrogen) atoms. The number of hydrogen-bond donors (Lipinski definition) is 2. The summed E-state index contributed by atoms with van der Waals surface area (Å²) in [6.45, 7) is 1.63. The molecular weight excluding hydrogens is 364 g/mol. The first-order chi connectivity index (χ1) is 11.5. The SMILES string of the molecule is COCC1(CNS(=O)(=O)c2cnn(-c3ccccc3)c2)CCCN1.Cl. The molecule has 1 fully saturated rings. The quantitative estimate of drug-likeness (QED) is 0.750. The molecular formula is C16H23ClN4O3S. The Morgan fingerprint density at radius 2 is 2.12 bits per heavy atom. The van der Waals surface area contributed by atoms with Crippen molar-refractivity contribution >= 4 is 22.4 Å². The van der Waals surface area contributed by atoms with Crippen molar-refractivity contribution in [3.63, 3.8) is 0 Å². The van der Waals surface area contributed by atoms with Crippen LogP contribution in [0.2, 0.25) is 0 Å². The van der Waals surface area contributed by atoms with Crippen LogP contribution in [0.4, 0.5) is 0 Å². The fourth-order valence-electron chi connectivity index (χ4n) is 2.95. The van der Waals surface area contributed by atoms with E-state index in [0.29, 0.717) is 13.2 Å². The molecule has 1 atom stereocenters. The van der Waals surface area contributed by atoms with Gasteiger partial charge >= 0.3 is 0 Å². The predicted octanol–water partition coefficient (Wildman–Crippen LogP) is 1.34. The molecule has 2 aromatic rings. The fourth-order valence-corrected chi connectivity index (χ4v) is 4.01. The molecule has 0 saturated carbocycles. The number of methoxy groups -OCH3 is 1. The van der Waals surface area contributed by atoms with Gasteiger partial charge in [-0.2, -0.15) is 5.10 Å². The largest absolute Gasteiger partial charge is 0.383 e. The summed E-state index contributed by atoms with van der Waals surface area (Å²) in [6.07, 6.45) is 4.77. The third-order valence-electron chi connectivity index (χ3n) is 4.24. The van der Waals surface area contributed by atoms with Gasteiger partial charge in [0.25, 0.3) is 0 Å². The minimum Gasteiger partial charge on any atom is -0.383 e. The standard InChI is InChI=1S/C16H22N4O3S.ClH/c1-23-13-16(8-5-9-17-16)12-19-24(21,22)15-10-18-20(11-15)14-6-3-2-4-7-14;/h2-4,6-7,10-11,17,19H,5,8-9,12-13H2,1H3;1H. The minimum absolute atomic E-state index is 0. The van der Waals surface area contributed by atoms with Crippen LogP contribution in [-0.4, -0.2) is 50.5 Å². The molecule has 9 heteroatoms. The van der Waals surface area contributed by atoms with Crippen molar-refractivity contribution in [1.29, 1.82) is 0 Å². The smallest absolute Gasteiger partial charge is 0.243 e. The Bertz CT molecular complexity index is 774. The molecule has 7 nitrogen and oxygen atoms in total. The summed E-state index contributed by atoms with van der Waals surface area (Å²) in [5, 5.41) is 7.50. The van der Waals surface area contributed by atoms with Crippen molar-refractivity contribution in [1.82, 2.24) is 19.8 Å². The topological polar surface area (TPSA) is 85.2 Å². The summed E-state index contributed by atoms with van der Waals surface area (Å²) in [7, 11) is -2.00. The van der Waals surface area contributed by atoms with Gasteiger partial charge in [0.05, 0.1) is 30.2 Å². The second kappa shape index (κ2) is 8.29. The molecule has 1 aliphatic rings. The second-order valence-corrected chi connectivity index (χ2v) is 7.79. The van der Waals surface area contributed by atoms with E-state index < -0.39 is 10.0 Å². The van der Waals surface area contributed by atoms with E-state index in [1.165, 1.54) is 12.4 Å². The molecule has 3 rings (SSSR count). The Morgan fingerprint density at radius 1 is 1.36 bits per heavy atom. The Hall–Kier alpha value is -1.45. The van der Waals surface area contributed by atoms with Crippen LogP contribution in [0.1, 0.15) is 12.8 Å². The Morgan fingerprint density at radius 3 is 2.76 bits per heavy atom. The minimum atomic E-state index is -3.62. The number of benzene rings is 1. The lowest BCUT2D eigenvalue weighted by Crippen LogP contribution is -2.52. The summed E-state index contributed by atoms with van der Waals surface area (Å²) >= 11 is 0. The van der Waals surface area contributed by atoms with Crippen molar-refractivity contribution in [3.05, 3.63) is 42.7 Å². The van der Waals surface area contributed by atoms with Gasteiger partial charge < -0.3 is 10.1 Å². The maximum absolute atomic E-state index is 12.5. The zero-order chi connectivity index (χ0) is 17.0. The van der Waals surface area contributed by atoms with E-state index >= 15 is 0 Å². The predicted molar refractivity (Wildman–Crippen MR) is 97.8 cm³/mol. The normalized spacial score (nSPS) is 20.4. The molecule has 2 N–H and O–H groups in total. The highest BCUT2D eigenvalue weighted by molar-refractivity contribution is 7.89. The maximum Gasteiger partial charge on any atom is 0.243 e. The maximum atomic E-state index is 12.5. The van der Waals surface area contributed by atoms with Crippen LogP contribution in [0.5, 0.6) is 0 Å². The summed E-state index contributed by atoms with van der Waals surface area (Å²) in [6, 6.07) is 9.39. The van der Waals surface area contributed by atoms with Gasteiger partial charge in [0.1, 0.15) is 4.90 Å². The van der Waals surface area contributed by atoms with Crippen molar-refractivity contribution < 1.29 is 13.2 Å².